The smallest absolute Gasteiger partial charge is 0.330 e. The van der Waals surface area contributed by atoms with Gasteiger partial charge in [-0.3, -0.25) is 14.6 Å². The zero-order valence-electron chi connectivity index (χ0n) is 23.6. The van der Waals surface area contributed by atoms with Gasteiger partial charge in [0.25, 0.3) is 0 Å². The lowest BCUT2D eigenvalue weighted by atomic mass is 10.1. The zero-order chi connectivity index (χ0) is 29.6. The first-order valence-electron chi connectivity index (χ1n) is 13.0. The minimum Gasteiger partial charge on any atom is -0.493 e. The molecule has 0 aromatic heterocycles. The molecule has 0 saturated heterocycles. The summed E-state index contributed by atoms with van der Waals surface area (Å²) in [6, 6.07) is 3.83. The molecule has 0 aliphatic carbocycles. The fourth-order valence-corrected chi connectivity index (χ4v) is 2.88. The van der Waals surface area contributed by atoms with Gasteiger partial charge in [0.15, 0.2) is 17.5 Å². The van der Waals surface area contributed by atoms with Crippen LogP contribution in [0.25, 0.3) is 0 Å². The Bertz CT molecular complexity index is 931. The Labute approximate surface area is 231 Å². The van der Waals surface area contributed by atoms with E-state index in [1.54, 1.807) is 18.2 Å². The van der Waals surface area contributed by atoms with E-state index in [1.807, 2.05) is 6.92 Å². The van der Waals surface area contributed by atoms with Gasteiger partial charge in [0, 0.05) is 19.5 Å². The number of carbonyl (C=O) groups is 3. The third kappa shape index (κ3) is 18.3. The number of carbonyl (C=O) groups excluding carboxylic acids is 3. The summed E-state index contributed by atoms with van der Waals surface area (Å²) in [5.41, 5.74) is 16.2. The van der Waals surface area contributed by atoms with Gasteiger partial charge in [-0.15, -0.1) is 0 Å². The molecule has 0 fully saturated rings. The topological polar surface area (TPSA) is 204 Å². The number of rotatable bonds is 16. The Kier molecular flexibility index (Phi) is 19.3. The molecule has 12 nitrogen and oxygen atoms in total. The lowest BCUT2D eigenvalue weighted by Crippen LogP contribution is -2.45. The number of methoxy groups -OCH3 is 1. The van der Waals surface area contributed by atoms with Crippen LogP contribution in [0.1, 0.15) is 58.4 Å². The van der Waals surface area contributed by atoms with Crippen molar-refractivity contribution in [1.82, 2.24) is 10.6 Å². The molecular weight excluding hydrogens is 504 g/mol. The van der Waals surface area contributed by atoms with E-state index in [0.717, 1.165) is 37.8 Å². The number of guanidine groups is 1. The summed E-state index contributed by atoms with van der Waals surface area (Å²) in [6.45, 7) is 6.42. The number of aliphatic hydroxyl groups is 1. The van der Waals surface area contributed by atoms with E-state index < -0.39 is 31.1 Å². The Morgan fingerprint density at radius 2 is 1.85 bits per heavy atom. The van der Waals surface area contributed by atoms with Crippen LogP contribution in [0, 0.1) is 5.92 Å². The van der Waals surface area contributed by atoms with E-state index in [1.165, 1.54) is 7.11 Å². The van der Waals surface area contributed by atoms with Crippen LogP contribution < -0.4 is 37.3 Å². The molecule has 9 N–H and O–H groups in total. The first-order chi connectivity index (χ1) is 18.5. The van der Waals surface area contributed by atoms with Crippen molar-refractivity contribution in [3.8, 4) is 11.5 Å². The molecule has 39 heavy (non-hydrogen) atoms. The van der Waals surface area contributed by atoms with Gasteiger partial charge in [-0.05, 0) is 49.3 Å². The number of esters is 1. The largest absolute Gasteiger partial charge is 0.493 e. The predicted octanol–water partition coefficient (Wildman–Crippen LogP) is 1.10. The molecule has 0 aliphatic heterocycles. The molecule has 2 amide bonds. The third-order valence-corrected chi connectivity index (χ3v) is 4.95. The van der Waals surface area contributed by atoms with Crippen molar-refractivity contribution < 1.29 is 29.0 Å². The van der Waals surface area contributed by atoms with Gasteiger partial charge in [0.05, 0.1) is 13.7 Å². The van der Waals surface area contributed by atoms with E-state index in [4.69, 9.17) is 31.8 Å². The normalized spacial score (nSPS) is 11.3. The first-order valence-corrected chi connectivity index (χ1v) is 13.0. The van der Waals surface area contributed by atoms with E-state index in [0.29, 0.717) is 24.6 Å². The van der Waals surface area contributed by atoms with Crippen LogP contribution in [0.4, 0.5) is 0 Å². The number of benzene rings is 1. The van der Waals surface area contributed by atoms with Crippen LogP contribution in [-0.2, 0) is 20.9 Å². The molecule has 12 heteroatoms. The van der Waals surface area contributed by atoms with Crippen LogP contribution in [0.2, 0.25) is 0 Å². The standard InChI is InChI=1S/C23H35N3O6.C4H11N3/c1-16(2)8-6-4-5-7-9-21(28)25-13-17-10-11-19(20(12-17)31-3)32-22(29)14-26-23(30)18(24)15-27;1-2-3-7-4(5)6/h6,8,10-12,16,18,27H,4-5,7,9,13-15,24H2,1-3H3,(H,25,28)(H,26,30);2-3H2,1H3,(H4,5,6,7)/b8-6+;. The lowest BCUT2D eigenvalue weighted by molar-refractivity contribution is -0.136. The average molecular weight is 551 g/mol. The minimum atomic E-state index is -1.10. The van der Waals surface area contributed by atoms with Crippen LogP contribution in [0.5, 0.6) is 11.5 Å². The number of nitrogens with one attached hydrogen (secondary N) is 2. The van der Waals surface area contributed by atoms with E-state index in [-0.39, 0.29) is 17.6 Å². The molecule has 0 radical (unpaired) electrons. The summed E-state index contributed by atoms with van der Waals surface area (Å²) in [7, 11) is 1.44. The van der Waals surface area contributed by atoms with Gasteiger partial charge in [-0.1, -0.05) is 39.0 Å². The highest BCUT2D eigenvalue weighted by atomic mass is 16.6. The Balaban J connectivity index is 0.00000181. The van der Waals surface area contributed by atoms with Crippen LogP contribution in [0.3, 0.4) is 0 Å². The monoisotopic (exact) mass is 550 g/mol. The van der Waals surface area contributed by atoms with Gasteiger partial charge in [0.2, 0.25) is 11.8 Å². The van der Waals surface area contributed by atoms with Gasteiger partial charge in [0.1, 0.15) is 12.6 Å². The number of amides is 2. The van der Waals surface area contributed by atoms with Crippen LogP contribution >= 0.6 is 0 Å². The predicted molar refractivity (Wildman–Crippen MR) is 152 cm³/mol. The first kappa shape index (κ1) is 35.4. The molecule has 0 spiro atoms. The number of aliphatic hydroxyl groups excluding tert-OH is 1. The molecule has 1 aromatic carbocycles. The molecule has 1 aromatic rings. The molecule has 220 valence electrons. The second-order valence-electron chi connectivity index (χ2n) is 8.97. The summed E-state index contributed by atoms with van der Waals surface area (Å²) in [6.07, 6.45) is 8.55. The third-order valence-electron chi connectivity index (χ3n) is 4.95. The van der Waals surface area contributed by atoms with E-state index in [9.17, 15) is 14.4 Å². The maximum atomic E-state index is 12.0. The molecular formula is C27H46N6O6. The fraction of sp³-hybridized carbons (Fsp3) is 0.556. The number of unbranched alkanes of at least 4 members (excludes halogenated alkanes) is 2. The van der Waals surface area contributed by atoms with Gasteiger partial charge >= 0.3 is 5.97 Å². The number of ether oxygens (including phenoxy) is 2. The maximum Gasteiger partial charge on any atom is 0.330 e. The molecule has 0 saturated carbocycles. The number of nitrogens with two attached hydrogens (primary N) is 3. The Morgan fingerprint density at radius 3 is 2.41 bits per heavy atom. The van der Waals surface area contributed by atoms with E-state index >= 15 is 0 Å². The van der Waals surface area contributed by atoms with Crippen molar-refractivity contribution in [3.63, 3.8) is 0 Å². The number of allylic oxidation sites excluding steroid dienone is 2. The minimum absolute atomic E-state index is 0.0239. The SMILES string of the molecule is CCCN=C(N)N.COc1cc(CNC(=O)CCCC/C=C/C(C)C)ccc1OC(=O)CNC(=O)C(N)CO. The lowest BCUT2D eigenvalue weighted by Gasteiger charge is -2.13. The molecule has 0 aliphatic rings. The van der Waals surface area contributed by atoms with Gasteiger partial charge in [-0.2, -0.15) is 0 Å². The average Bonchev–Trinajstić information content (AvgIpc) is 2.91. The highest BCUT2D eigenvalue weighted by Crippen LogP contribution is 2.28. The van der Waals surface area contributed by atoms with Crippen LogP contribution in [-0.4, -0.2) is 61.7 Å². The summed E-state index contributed by atoms with van der Waals surface area (Å²) < 4.78 is 10.5. The Morgan fingerprint density at radius 1 is 1.13 bits per heavy atom. The van der Waals surface area contributed by atoms with Crippen molar-refractivity contribution in [1.29, 1.82) is 0 Å². The van der Waals surface area contributed by atoms with Crippen molar-refractivity contribution >= 4 is 23.7 Å². The molecule has 1 unspecified atom stereocenters. The number of nitrogens with zero attached hydrogens (tertiary/aromatic N) is 1. The summed E-state index contributed by atoms with van der Waals surface area (Å²) >= 11 is 0. The fourth-order valence-electron chi connectivity index (χ4n) is 2.88. The summed E-state index contributed by atoms with van der Waals surface area (Å²) in [4.78, 5) is 39.2. The molecule has 1 rings (SSSR count). The molecule has 1 atom stereocenters. The number of hydrogen-bond acceptors (Lipinski definition) is 8. The second-order valence-corrected chi connectivity index (χ2v) is 8.97. The Hall–Kier alpha value is -3.64. The zero-order valence-corrected chi connectivity index (χ0v) is 23.6. The number of hydrogen-bond donors (Lipinski definition) is 6. The second kappa shape index (κ2) is 21.3. The molecule has 0 heterocycles. The molecule has 0 bridgehead atoms. The van der Waals surface area contributed by atoms with Crippen molar-refractivity contribution in [2.75, 3.05) is 26.8 Å². The van der Waals surface area contributed by atoms with Gasteiger partial charge < -0.3 is 42.4 Å². The highest BCUT2D eigenvalue weighted by Gasteiger charge is 2.15. The van der Waals surface area contributed by atoms with Crippen molar-refractivity contribution in [2.24, 2.45) is 28.1 Å². The maximum absolute atomic E-state index is 12.0. The van der Waals surface area contributed by atoms with Gasteiger partial charge in [-0.25, -0.2) is 4.79 Å². The van der Waals surface area contributed by atoms with Crippen molar-refractivity contribution in [2.45, 2.75) is 65.5 Å². The highest BCUT2D eigenvalue weighted by molar-refractivity contribution is 5.86. The van der Waals surface area contributed by atoms with Crippen molar-refractivity contribution in [3.05, 3.63) is 35.9 Å². The summed E-state index contributed by atoms with van der Waals surface area (Å²) in [5, 5.41) is 14.0. The van der Waals surface area contributed by atoms with Crippen LogP contribution in [0.15, 0.2) is 35.3 Å². The quantitative estimate of drug-likeness (QED) is 0.0434. The number of aliphatic imine (C=N–C) groups is 1. The summed E-state index contributed by atoms with van der Waals surface area (Å²) in [5.74, 6) is -0.170. The van der Waals surface area contributed by atoms with E-state index in [2.05, 4.69) is 41.6 Å².